The molecule has 0 aromatic heterocycles. The SMILES string of the molecule is CC[C@H](C(=O)NC)N(Cc1ccc(Cl)c(Cl)c1)C(=O)CN(c1ccccc1C)S(=O)(=O)c1ccccc1. The molecule has 1 N–H and O–H groups in total. The number of hydrogen-bond acceptors (Lipinski definition) is 4. The minimum atomic E-state index is -4.10. The summed E-state index contributed by atoms with van der Waals surface area (Å²) < 4.78 is 28.6. The Morgan fingerprint density at radius 3 is 2.19 bits per heavy atom. The summed E-state index contributed by atoms with van der Waals surface area (Å²) in [5.41, 5.74) is 1.71. The van der Waals surface area contributed by atoms with Crippen LogP contribution in [-0.2, 0) is 26.2 Å². The van der Waals surface area contributed by atoms with E-state index in [1.807, 2.05) is 0 Å². The first-order valence-corrected chi connectivity index (χ1v) is 13.9. The first-order chi connectivity index (χ1) is 17.6. The van der Waals surface area contributed by atoms with E-state index in [-0.39, 0.29) is 17.3 Å². The predicted molar refractivity (Wildman–Crippen MR) is 147 cm³/mol. The van der Waals surface area contributed by atoms with Gasteiger partial charge in [-0.15, -0.1) is 0 Å². The second kappa shape index (κ2) is 12.4. The van der Waals surface area contributed by atoms with Crippen molar-refractivity contribution in [2.45, 2.75) is 37.8 Å². The predicted octanol–water partition coefficient (Wildman–Crippen LogP) is 5.05. The van der Waals surface area contributed by atoms with Crippen molar-refractivity contribution >= 4 is 50.7 Å². The zero-order chi connectivity index (χ0) is 27.2. The number of rotatable bonds is 10. The summed E-state index contributed by atoms with van der Waals surface area (Å²) in [4.78, 5) is 28.1. The largest absolute Gasteiger partial charge is 0.357 e. The average molecular weight is 563 g/mol. The molecule has 0 aliphatic heterocycles. The molecule has 0 unspecified atom stereocenters. The van der Waals surface area contributed by atoms with Crippen LogP contribution in [0, 0.1) is 6.92 Å². The number of carbonyl (C=O) groups excluding carboxylic acids is 2. The van der Waals surface area contributed by atoms with Gasteiger partial charge in [-0.2, -0.15) is 0 Å². The van der Waals surface area contributed by atoms with Gasteiger partial charge in [0.1, 0.15) is 12.6 Å². The van der Waals surface area contributed by atoms with Crippen molar-refractivity contribution in [2.75, 3.05) is 17.9 Å². The Morgan fingerprint density at radius 1 is 0.946 bits per heavy atom. The number of sulfonamides is 1. The van der Waals surface area contributed by atoms with Crippen molar-refractivity contribution in [2.24, 2.45) is 0 Å². The molecule has 0 aliphatic rings. The number of halogens is 2. The van der Waals surface area contributed by atoms with E-state index in [0.717, 1.165) is 4.31 Å². The molecule has 7 nitrogen and oxygen atoms in total. The van der Waals surface area contributed by atoms with Gasteiger partial charge in [-0.05, 0) is 54.8 Å². The van der Waals surface area contributed by atoms with Crippen molar-refractivity contribution in [3.05, 3.63) is 94.0 Å². The number of para-hydroxylation sites is 1. The molecule has 0 spiro atoms. The molecule has 0 fully saturated rings. The van der Waals surface area contributed by atoms with Crippen molar-refractivity contribution in [3.63, 3.8) is 0 Å². The van der Waals surface area contributed by atoms with E-state index in [2.05, 4.69) is 5.32 Å². The Balaban J connectivity index is 2.07. The number of hydrogen-bond donors (Lipinski definition) is 1. The average Bonchev–Trinajstić information content (AvgIpc) is 2.89. The second-order valence-electron chi connectivity index (χ2n) is 8.42. The lowest BCUT2D eigenvalue weighted by molar-refractivity contribution is -0.140. The van der Waals surface area contributed by atoms with E-state index in [0.29, 0.717) is 33.3 Å². The normalized spacial score (nSPS) is 12.0. The van der Waals surface area contributed by atoms with E-state index in [1.165, 1.54) is 24.1 Å². The van der Waals surface area contributed by atoms with Gasteiger partial charge in [0.25, 0.3) is 10.0 Å². The van der Waals surface area contributed by atoms with Crippen LogP contribution >= 0.6 is 23.2 Å². The monoisotopic (exact) mass is 561 g/mol. The highest BCUT2D eigenvalue weighted by Gasteiger charge is 2.33. The summed E-state index contributed by atoms with van der Waals surface area (Å²) in [5.74, 6) is -0.895. The third-order valence-electron chi connectivity index (χ3n) is 5.96. The zero-order valence-corrected chi connectivity index (χ0v) is 23.1. The molecule has 0 saturated heterocycles. The van der Waals surface area contributed by atoms with E-state index < -0.39 is 28.5 Å². The lowest BCUT2D eigenvalue weighted by Gasteiger charge is -2.33. The lowest BCUT2D eigenvalue weighted by atomic mass is 10.1. The molecule has 2 amide bonds. The van der Waals surface area contributed by atoms with Gasteiger partial charge in [0, 0.05) is 13.6 Å². The topological polar surface area (TPSA) is 86.8 Å². The third-order valence-corrected chi connectivity index (χ3v) is 8.48. The second-order valence-corrected chi connectivity index (χ2v) is 11.1. The zero-order valence-electron chi connectivity index (χ0n) is 20.8. The van der Waals surface area contributed by atoms with Crippen LogP contribution in [0.2, 0.25) is 10.0 Å². The molecule has 3 aromatic carbocycles. The summed E-state index contributed by atoms with van der Waals surface area (Å²) in [6.45, 7) is 3.10. The molecular formula is C27H29Cl2N3O4S. The van der Waals surface area contributed by atoms with Crippen LogP contribution in [0.4, 0.5) is 5.69 Å². The van der Waals surface area contributed by atoms with E-state index in [4.69, 9.17) is 23.2 Å². The Hall–Kier alpha value is -3.07. The smallest absolute Gasteiger partial charge is 0.264 e. The van der Waals surface area contributed by atoms with Gasteiger partial charge in [-0.25, -0.2) is 8.42 Å². The van der Waals surface area contributed by atoms with Crippen molar-refractivity contribution in [1.29, 1.82) is 0 Å². The van der Waals surface area contributed by atoms with Gasteiger partial charge in [0.15, 0.2) is 0 Å². The summed E-state index contributed by atoms with van der Waals surface area (Å²) in [5, 5.41) is 3.27. The Morgan fingerprint density at radius 2 is 1.59 bits per heavy atom. The van der Waals surface area contributed by atoms with Crippen LogP contribution in [-0.4, -0.2) is 44.8 Å². The summed E-state index contributed by atoms with van der Waals surface area (Å²) in [6, 6.07) is 19.0. The fraction of sp³-hybridized carbons (Fsp3) is 0.259. The number of likely N-dealkylation sites (N-methyl/N-ethyl adjacent to an activating group) is 1. The van der Waals surface area contributed by atoms with Gasteiger partial charge in [0.2, 0.25) is 11.8 Å². The molecule has 196 valence electrons. The van der Waals surface area contributed by atoms with Gasteiger partial charge >= 0.3 is 0 Å². The molecule has 10 heteroatoms. The molecule has 3 rings (SSSR count). The number of carbonyl (C=O) groups is 2. The Labute approximate surface area is 228 Å². The minimum Gasteiger partial charge on any atom is -0.357 e. The number of nitrogens with zero attached hydrogens (tertiary/aromatic N) is 2. The molecule has 3 aromatic rings. The first kappa shape index (κ1) is 28.5. The van der Waals surface area contributed by atoms with Crippen molar-refractivity contribution in [1.82, 2.24) is 10.2 Å². The molecular weight excluding hydrogens is 533 g/mol. The maximum absolute atomic E-state index is 13.9. The van der Waals surface area contributed by atoms with E-state index in [9.17, 15) is 18.0 Å². The molecule has 0 bridgehead atoms. The molecule has 0 radical (unpaired) electrons. The van der Waals surface area contributed by atoms with Crippen LogP contribution < -0.4 is 9.62 Å². The number of nitrogens with one attached hydrogen (secondary N) is 1. The van der Waals surface area contributed by atoms with Crippen molar-refractivity contribution in [3.8, 4) is 0 Å². The highest BCUT2D eigenvalue weighted by molar-refractivity contribution is 7.92. The van der Waals surface area contributed by atoms with Crippen LogP contribution in [0.3, 0.4) is 0 Å². The number of benzene rings is 3. The number of anilines is 1. The Bertz CT molecular complexity index is 1370. The maximum Gasteiger partial charge on any atom is 0.264 e. The highest BCUT2D eigenvalue weighted by Crippen LogP contribution is 2.28. The number of aryl methyl sites for hydroxylation is 1. The summed E-state index contributed by atoms with van der Waals surface area (Å²) in [6.07, 6.45) is 0.322. The molecule has 0 heterocycles. The first-order valence-electron chi connectivity index (χ1n) is 11.7. The highest BCUT2D eigenvalue weighted by atomic mass is 35.5. The molecule has 0 saturated carbocycles. The third kappa shape index (κ3) is 6.63. The standard InChI is InChI=1S/C27H29Cl2N3O4S/c1-4-24(27(34)30-3)31(17-20-14-15-22(28)23(29)16-20)26(33)18-32(25-13-9-8-10-19(25)2)37(35,36)21-11-6-5-7-12-21/h5-16,24H,4,17-18H2,1-3H3,(H,30,34)/t24-/m1/s1. The van der Waals surface area contributed by atoms with E-state index in [1.54, 1.807) is 74.5 Å². The van der Waals surface area contributed by atoms with Crippen LogP contribution in [0.5, 0.6) is 0 Å². The fourth-order valence-corrected chi connectivity index (χ4v) is 5.82. The molecule has 1 atom stereocenters. The van der Waals surface area contributed by atoms with Crippen LogP contribution in [0.15, 0.2) is 77.7 Å². The molecule has 37 heavy (non-hydrogen) atoms. The maximum atomic E-state index is 13.9. The van der Waals surface area contributed by atoms with Crippen LogP contribution in [0.25, 0.3) is 0 Å². The van der Waals surface area contributed by atoms with Gasteiger partial charge in [-0.1, -0.05) is 72.6 Å². The van der Waals surface area contributed by atoms with Crippen molar-refractivity contribution < 1.29 is 18.0 Å². The Kier molecular flexibility index (Phi) is 9.59. The summed E-state index contributed by atoms with van der Waals surface area (Å²) in [7, 11) is -2.61. The van der Waals surface area contributed by atoms with Gasteiger partial charge < -0.3 is 10.2 Å². The van der Waals surface area contributed by atoms with E-state index >= 15 is 0 Å². The van der Waals surface area contributed by atoms with Gasteiger partial charge in [-0.3, -0.25) is 13.9 Å². The molecule has 0 aliphatic carbocycles. The minimum absolute atomic E-state index is 0.0364. The summed E-state index contributed by atoms with van der Waals surface area (Å²) >= 11 is 12.2. The quantitative estimate of drug-likeness (QED) is 0.375. The fourth-order valence-electron chi connectivity index (χ4n) is 4.00. The lowest BCUT2D eigenvalue weighted by Crippen LogP contribution is -2.51. The van der Waals surface area contributed by atoms with Crippen LogP contribution in [0.1, 0.15) is 24.5 Å². The number of amides is 2. The van der Waals surface area contributed by atoms with Gasteiger partial charge in [0.05, 0.1) is 20.6 Å².